The number of likely N-dealkylation sites (N-methyl/N-ethyl adjacent to an activating group) is 1. The second-order valence-corrected chi connectivity index (χ2v) is 7.22. The second kappa shape index (κ2) is 8.50. The summed E-state index contributed by atoms with van der Waals surface area (Å²) in [7, 11) is 0. The monoisotopic (exact) mass is 387 g/mol. The smallest absolute Gasteiger partial charge is 0.317 e. The Morgan fingerprint density at radius 1 is 1.04 bits per heavy atom. The maximum absolute atomic E-state index is 13.4. The first-order chi connectivity index (χ1) is 13.5. The molecule has 0 saturated carbocycles. The predicted molar refractivity (Wildman–Crippen MR) is 107 cm³/mol. The first-order valence-electron chi connectivity index (χ1n) is 9.93. The molecule has 0 radical (unpaired) electrons. The van der Waals surface area contributed by atoms with E-state index in [2.05, 4.69) is 15.5 Å². The summed E-state index contributed by atoms with van der Waals surface area (Å²) < 4.78 is 0. The molecule has 0 unspecified atom stereocenters. The summed E-state index contributed by atoms with van der Waals surface area (Å²) in [6, 6.07) is 9.72. The first-order valence-corrected chi connectivity index (χ1v) is 9.93. The number of nitrogens with zero attached hydrogens (tertiary/aromatic N) is 3. The summed E-state index contributed by atoms with van der Waals surface area (Å²) in [6.45, 7) is 6.31. The molecule has 2 heterocycles. The van der Waals surface area contributed by atoms with Crippen LogP contribution in [-0.2, 0) is 9.59 Å². The Labute approximate surface area is 165 Å². The number of amides is 4. The van der Waals surface area contributed by atoms with Crippen molar-refractivity contribution in [3.63, 3.8) is 0 Å². The molecule has 0 aromatic heterocycles. The van der Waals surface area contributed by atoms with Crippen molar-refractivity contribution in [1.82, 2.24) is 20.4 Å². The van der Waals surface area contributed by atoms with Crippen LogP contribution < -0.4 is 15.5 Å². The highest BCUT2D eigenvalue weighted by molar-refractivity contribution is 5.96. The normalized spacial score (nSPS) is 18.5. The third kappa shape index (κ3) is 3.76. The van der Waals surface area contributed by atoms with Gasteiger partial charge in [-0.15, -0.1) is 0 Å². The Bertz CT molecular complexity index is 716. The highest BCUT2D eigenvalue weighted by atomic mass is 16.2. The van der Waals surface area contributed by atoms with Gasteiger partial charge >= 0.3 is 6.03 Å². The molecule has 1 aromatic rings. The number of anilines is 1. The van der Waals surface area contributed by atoms with Gasteiger partial charge in [0.2, 0.25) is 5.91 Å². The summed E-state index contributed by atoms with van der Waals surface area (Å²) in [5.41, 5.74) is 0.248. The van der Waals surface area contributed by atoms with Gasteiger partial charge in [-0.25, -0.2) is 4.79 Å². The summed E-state index contributed by atoms with van der Waals surface area (Å²) in [5.74, 6) is -0.182. The molecule has 4 amide bonds. The van der Waals surface area contributed by atoms with Gasteiger partial charge < -0.3 is 25.3 Å². The number of piperidine rings is 1. The van der Waals surface area contributed by atoms with Crippen LogP contribution >= 0.6 is 0 Å². The van der Waals surface area contributed by atoms with Gasteiger partial charge in [0.25, 0.3) is 5.91 Å². The van der Waals surface area contributed by atoms with Gasteiger partial charge in [-0.05, 0) is 38.8 Å². The number of nitrogens with one attached hydrogen (secondary N) is 2. The van der Waals surface area contributed by atoms with Crippen LogP contribution in [0, 0.1) is 0 Å². The number of carbonyl (C=O) groups is 3. The minimum atomic E-state index is -0.711. The standard InChI is InChI=1S/C20H29N5O3/c1-3-21-17(26)14-24-15-25(16-8-6-5-7-9-16)20(18(24)27)10-12-23(13-11-20)19(28)22-4-2/h5-9H,3-4,10-15H2,1-2H3,(H,21,26)(H,22,28). The zero-order chi connectivity index (χ0) is 20.1. The molecule has 2 saturated heterocycles. The first kappa shape index (κ1) is 20.0. The van der Waals surface area contributed by atoms with Gasteiger partial charge in [0.15, 0.2) is 0 Å². The topological polar surface area (TPSA) is 85.0 Å². The summed E-state index contributed by atoms with van der Waals surface area (Å²) >= 11 is 0. The maximum atomic E-state index is 13.4. The SMILES string of the molecule is CCNC(=O)CN1CN(c2ccccc2)C2(CCN(C(=O)NCC)CC2)C1=O. The van der Waals surface area contributed by atoms with E-state index < -0.39 is 5.54 Å². The van der Waals surface area contributed by atoms with Crippen LogP contribution in [0.4, 0.5) is 10.5 Å². The minimum absolute atomic E-state index is 0.0295. The molecule has 8 heteroatoms. The minimum Gasteiger partial charge on any atom is -0.355 e. The summed E-state index contributed by atoms with van der Waals surface area (Å²) in [6.07, 6.45) is 1.09. The van der Waals surface area contributed by atoms with Crippen molar-refractivity contribution in [3.8, 4) is 0 Å². The molecule has 2 aliphatic rings. The molecule has 3 rings (SSSR count). The van der Waals surface area contributed by atoms with E-state index in [4.69, 9.17) is 0 Å². The van der Waals surface area contributed by atoms with Gasteiger partial charge in [0, 0.05) is 31.9 Å². The number of carbonyl (C=O) groups excluding carboxylic acids is 3. The number of para-hydroxylation sites is 1. The Morgan fingerprint density at radius 2 is 1.68 bits per heavy atom. The molecular formula is C20H29N5O3. The number of benzene rings is 1. The van der Waals surface area contributed by atoms with E-state index in [-0.39, 0.29) is 24.4 Å². The van der Waals surface area contributed by atoms with Crippen LogP contribution in [0.5, 0.6) is 0 Å². The van der Waals surface area contributed by atoms with Crippen LogP contribution in [-0.4, -0.2) is 72.6 Å². The fourth-order valence-electron chi connectivity index (χ4n) is 4.09. The Balaban J connectivity index is 1.82. The van der Waals surface area contributed by atoms with Crippen molar-refractivity contribution >= 4 is 23.5 Å². The van der Waals surface area contributed by atoms with E-state index in [9.17, 15) is 14.4 Å². The predicted octanol–water partition coefficient (Wildman–Crippen LogP) is 0.993. The van der Waals surface area contributed by atoms with Gasteiger partial charge in [0.05, 0.1) is 6.67 Å². The van der Waals surface area contributed by atoms with Crippen LogP contribution in [0.15, 0.2) is 30.3 Å². The van der Waals surface area contributed by atoms with E-state index in [0.29, 0.717) is 45.7 Å². The highest BCUT2D eigenvalue weighted by Crippen LogP contribution is 2.39. The van der Waals surface area contributed by atoms with E-state index in [1.54, 1.807) is 9.80 Å². The second-order valence-electron chi connectivity index (χ2n) is 7.22. The largest absolute Gasteiger partial charge is 0.355 e. The molecule has 0 atom stereocenters. The Hall–Kier alpha value is -2.77. The molecule has 1 aromatic carbocycles. The molecular weight excluding hydrogens is 358 g/mol. The fraction of sp³-hybridized carbons (Fsp3) is 0.550. The van der Waals surface area contributed by atoms with E-state index in [1.807, 2.05) is 44.2 Å². The highest BCUT2D eigenvalue weighted by Gasteiger charge is 2.54. The lowest BCUT2D eigenvalue weighted by Crippen LogP contribution is -2.58. The fourth-order valence-corrected chi connectivity index (χ4v) is 4.09. The lowest BCUT2D eigenvalue weighted by atomic mass is 9.85. The maximum Gasteiger partial charge on any atom is 0.317 e. The zero-order valence-corrected chi connectivity index (χ0v) is 16.6. The molecule has 152 valence electrons. The van der Waals surface area contributed by atoms with Gasteiger partial charge in [-0.3, -0.25) is 9.59 Å². The van der Waals surface area contributed by atoms with Crippen molar-refractivity contribution in [2.75, 3.05) is 44.3 Å². The molecule has 28 heavy (non-hydrogen) atoms. The summed E-state index contributed by atoms with van der Waals surface area (Å²) in [4.78, 5) is 43.1. The summed E-state index contributed by atoms with van der Waals surface area (Å²) in [5, 5.41) is 5.58. The van der Waals surface area contributed by atoms with Crippen LogP contribution in [0.3, 0.4) is 0 Å². The quantitative estimate of drug-likeness (QED) is 0.789. The lowest BCUT2D eigenvalue weighted by molar-refractivity contribution is -0.137. The van der Waals surface area contributed by atoms with E-state index in [0.717, 1.165) is 5.69 Å². The van der Waals surface area contributed by atoms with Crippen molar-refractivity contribution in [3.05, 3.63) is 30.3 Å². The van der Waals surface area contributed by atoms with Crippen LogP contribution in [0.2, 0.25) is 0 Å². The Morgan fingerprint density at radius 3 is 2.29 bits per heavy atom. The number of likely N-dealkylation sites (tertiary alicyclic amines) is 1. The van der Waals surface area contributed by atoms with Gasteiger partial charge in [-0.1, -0.05) is 18.2 Å². The van der Waals surface area contributed by atoms with E-state index in [1.165, 1.54) is 0 Å². The lowest BCUT2D eigenvalue weighted by Gasteiger charge is -2.43. The van der Waals surface area contributed by atoms with Crippen molar-refractivity contribution in [1.29, 1.82) is 0 Å². The molecule has 1 spiro atoms. The molecule has 8 nitrogen and oxygen atoms in total. The third-order valence-electron chi connectivity index (χ3n) is 5.50. The average Bonchev–Trinajstić information content (AvgIpc) is 2.95. The van der Waals surface area contributed by atoms with Crippen molar-refractivity contribution < 1.29 is 14.4 Å². The molecule has 0 bridgehead atoms. The van der Waals surface area contributed by atoms with E-state index >= 15 is 0 Å². The molecule has 2 N–H and O–H groups in total. The van der Waals surface area contributed by atoms with Gasteiger partial charge in [-0.2, -0.15) is 0 Å². The van der Waals surface area contributed by atoms with Crippen LogP contribution in [0.25, 0.3) is 0 Å². The number of hydrogen-bond donors (Lipinski definition) is 2. The van der Waals surface area contributed by atoms with Crippen molar-refractivity contribution in [2.24, 2.45) is 0 Å². The average molecular weight is 387 g/mol. The molecule has 2 aliphatic heterocycles. The zero-order valence-electron chi connectivity index (χ0n) is 16.6. The molecule has 0 aliphatic carbocycles. The van der Waals surface area contributed by atoms with Crippen molar-refractivity contribution in [2.45, 2.75) is 32.2 Å². The van der Waals surface area contributed by atoms with Crippen LogP contribution in [0.1, 0.15) is 26.7 Å². The third-order valence-corrected chi connectivity index (χ3v) is 5.50. The number of hydrogen-bond acceptors (Lipinski definition) is 4. The number of rotatable bonds is 5. The molecule has 2 fully saturated rings. The Kier molecular flexibility index (Phi) is 6.06. The van der Waals surface area contributed by atoms with Gasteiger partial charge in [0.1, 0.15) is 12.1 Å². The number of urea groups is 1.